The van der Waals surface area contributed by atoms with Gasteiger partial charge in [0, 0.05) is 33.6 Å². The van der Waals surface area contributed by atoms with Crippen LogP contribution in [-0.4, -0.2) is 39.6 Å². The van der Waals surface area contributed by atoms with Gasteiger partial charge in [0.15, 0.2) is 0 Å². The van der Waals surface area contributed by atoms with Crippen LogP contribution in [0.15, 0.2) is 54.6 Å². The van der Waals surface area contributed by atoms with Crippen molar-refractivity contribution < 1.29 is 9.59 Å². The number of anilines is 1. The second kappa shape index (κ2) is 9.76. The lowest BCUT2D eigenvalue weighted by atomic mass is 9.92. The topological polar surface area (TPSA) is 67.2 Å². The molecule has 0 radical (unpaired) electrons. The van der Waals surface area contributed by atoms with Crippen molar-refractivity contribution in [2.45, 2.75) is 33.1 Å². The molecule has 0 spiro atoms. The molecule has 3 rings (SSSR count). The number of likely N-dealkylation sites (N-methyl/N-ethyl adjacent to an activating group) is 1. The first kappa shape index (κ1) is 23.8. The normalized spacial score (nSPS) is 11.3. The molecule has 2 aromatic carbocycles. The van der Waals surface area contributed by atoms with E-state index in [1.54, 1.807) is 41.1 Å². The Morgan fingerprint density at radius 2 is 1.72 bits per heavy atom. The van der Waals surface area contributed by atoms with E-state index in [9.17, 15) is 9.59 Å². The zero-order valence-corrected chi connectivity index (χ0v) is 20.0. The Balaban J connectivity index is 1.83. The average Bonchev–Trinajstić information content (AvgIpc) is 3.16. The standard InChI is InChI=1S/C24H26Cl2N4O2/c1-5-29(23(32)16-7-6-8-18(26)13-16)15-22(31)27-21-14-20(24(2,3)4)28-30(21)19-11-9-17(25)10-12-19/h6-14H,5,15H2,1-4H3,(H,27,31). The highest BCUT2D eigenvalue weighted by Gasteiger charge is 2.23. The third kappa shape index (κ3) is 5.69. The molecular weight excluding hydrogens is 447 g/mol. The molecule has 0 fully saturated rings. The number of nitrogens with zero attached hydrogens (tertiary/aromatic N) is 3. The minimum absolute atomic E-state index is 0.0987. The van der Waals surface area contributed by atoms with Crippen molar-refractivity contribution in [2.75, 3.05) is 18.4 Å². The van der Waals surface area contributed by atoms with Crippen molar-refractivity contribution in [1.29, 1.82) is 0 Å². The molecule has 1 heterocycles. The summed E-state index contributed by atoms with van der Waals surface area (Å²) in [6, 6.07) is 15.7. The molecule has 8 heteroatoms. The first-order chi connectivity index (χ1) is 15.1. The lowest BCUT2D eigenvalue weighted by Gasteiger charge is -2.20. The Hall–Kier alpha value is -2.83. The maximum absolute atomic E-state index is 12.9. The lowest BCUT2D eigenvalue weighted by Crippen LogP contribution is -2.38. The Kier molecular flexibility index (Phi) is 7.26. The predicted octanol–water partition coefficient (Wildman–Crippen LogP) is 5.58. The second-order valence-corrected chi connectivity index (χ2v) is 9.30. The Bertz CT molecular complexity index is 1120. The monoisotopic (exact) mass is 472 g/mol. The van der Waals surface area contributed by atoms with Gasteiger partial charge in [-0.05, 0) is 49.4 Å². The maximum atomic E-state index is 12.9. The lowest BCUT2D eigenvalue weighted by molar-refractivity contribution is -0.116. The molecule has 6 nitrogen and oxygen atoms in total. The van der Waals surface area contributed by atoms with Gasteiger partial charge in [-0.2, -0.15) is 5.10 Å². The number of rotatable bonds is 6. The van der Waals surface area contributed by atoms with Gasteiger partial charge in [-0.15, -0.1) is 0 Å². The van der Waals surface area contributed by atoms with Crippen molar-refractivity contribution in [2.24, 2.45) is 0 Å². The van der Waals surface area contributed by atoms with Crippen molar-refractivity contribution in [3.8, 4) is 5.69 Å². The summed E-state index contributed by atoms with van der Waals surface area (Å²) >= 11 is 12.0. The third-order valence-corrected chi connectivity index (χ3v) is 5.38. The molecule has 0 aliphatic carbocycles. The molecule has 0 aliphatic rings. The van der Waals surface area contributed by atoms with Crippen LogP contribution in [-0.2, 0) is 10.2 Å². The van der Waals surface area contributed by atoms with E-state index in [0.717, 1.165) is 11.4 Å². The molecule has 0 saturated carbocycles. The smallest absolute Gasteiger partial charge is 0.254 e. The summed E-state index contributed by atoms with van der Waals surface area (Å²) < 4.78 is 1.67. The van der Waals surface area contributed by atoms with Crippen LogP contribution in [0.5, 0.6) is 0 Å². The van der Waals surface area contributed by atoms with Crippen molar-refractivity contribution in [3.05, 3.63) is 75.9 Å². The predicted molar refractivity (Wildman–Crippen MR) is 129 cm³/mol. The zero-order chi connectivity index (χ0) is 23.5. The average molecular weight is 473 g/mol. The Morgan fingerprint density at radius 3 is 2.31 bits per heavy atom. The van der Waals surface area contributed by atoms with Crippen LogP contribution < -0.4 is 5.32 Å². The Labute approximate surface area is 198 Å². The van der Waals surface area contributed by atoms with E-state index < -0.39 is 0 Å². The summed E-state index contributed by atoms with van der Waals surface area (Å²) in [5.74, 6) is -0.0574. The number of halogens is 2. The van der Waals surface area contributed by atoms with Gasteiger partial charge >= 0.3 is 0 Å². The molecular formula is C24H26Cl2N4O2. The van der Waals surface area contributed by atoms with Gasteiger partial charge in [-0.3, -0.25) is 9.59 Å². The molecule has 3 aromatic rings. The summed E-state index contributed by atoms with van der Waals surface area (Å²) in [6.07, 6.45) is 0. The molecule has 2 amide bonds. The minimum Gasteiger partial charge on any atom is -0.330 e. The summed E-state index contributed by atoms with van der Waals surface area (Å²) in [6.45, 7) is 8.26. The molecule has 168 valence electrons. The third-order valence-electron chi connectivity index (χ3n) is 4.89. The second-order valence-electron chi connectivity index (χ2n) is 8.43. The van der Waals surface area contributed by atoms with Gasteiger partial charge in [0.25, 0.3) is 5.91 Å². The van der Waals surface area contributed by atoms with Crippen molar-refractivity contribution >= 4 is 40.8 Å². The first-order valence-electron chi connectivity index (χ1n) is 10.3. The number of carbonyl (C=O) groups is 2. The van der Waals surface area contributed by atoms with Crippen LogP contribution >= 0.6 is 23.2 Å². The van der Waals surface area contributed by atoms with Crippen molar-refractivity contribution in [1.82, 2.24) is 14.7 Å². The molecule has 0 atom stereocenters. The van der Waals surface area contributed by atoms with Gasteiger partial charge in [-0.1, -0.05) is 50.0 Å². The van der Waals surface area contributed by atoms with Crippen LogP contribution in [0.2, 0.25) is 10.0 Å². The molecule has 0 unspecified atom stereocenters. The van der Waals surface area contributed by atoms with Gasteiger partial charge in [0.2, 0.25) is 5.91 Å². The summed E-state index contributed by atoms with van der Waals surface area (Å²) in [7, 11) is 0. The largest absolute Gasteiger partial charge is 0.330 e. The number of carbonyl (C=O) groups excluding carboxylic acids is 2. The van der Waals surface area contributed by atoms with Gasteiger partial charge in [-0.25, -0.2) is 4.68 Å². The molecule has 1 N–H and O–H groups in total. The number of benzene rings is 2. The summed E-state index contributed by atoms with van der Waals surface area (Å²) in [5.41, 5.74) is 1.82. The van der Waals surface area contributed by atoms with E-state index in [1.165, 1.54) is 4.90 Å². The van der Waals surface area contributed by atoms with Crippen LogP contribution in [0.1, 0.15) is 43.7 Å². The van der Waals surface area contributed by atoms with Crippen LogP contribution in [0, 0.1) is 0 Å². The van der Waals surface area contributed by atoms with Crippen molar-refractivity contribution in [3.63, 3.8) is 0 Å². The number of hydrogen-bond acceptors (Lipinski definition) is 3. The SMILES string of the molecule is CCN(CC(=O)Nc1cc(C(C)(C)C)nn1-c1ccc(Cl)cc1)C(=O)c1cccc(Cl)c1. The summed E-state index contributed by atoms with van der Waals surface area (Å²) in [4.78, 5) is 27.2. The van der Waals surface area contributed by atoms with E-state index in [0.29, 0.717) is 28.0 Å². The molecule has 1 aromatic heterocycles. The highest BCUT2D eigenvalue weighted by molar-refractivity contribution is 6.31. The number of nitrogens with one attached hydrogen (secondary N) is 1. The highest BCUT2D eigenvalue weighted by atomic mass is 35.5. The van der Waals surface area contributed by atoms with Gasteiger partial charge < -0.3 is 10.2 Å². The molecule has 0 bridgehead atoms. The Morgan fingerprint density at radius 1 is 1.03 bits per heavy atom. The van der Waals surface area contributed by atoms with Gasteiger partial charge in [0.1, 0.15) is 12.4 Å². The van der Waals surface area contributed by atoms with E-state index in [4.69, 9.17) is 23.2 Å². The number of aromatic nitrogens is 2. The van der Waals surface area contributed by atoms with Crippen LogP contribution in [0.25, 0.3) is 5.69 Å². The van der Waals surface area contributed by atoms with E-state index in [-0.39, 0.29) is 23.8 Å². The molecule has 32 heavy (non-hydrogen) atoms. The fourth-order valence-electron chi connectivity index (χ4n) is 3.10. The molecule has 0 saturated heterocycles. The van der Waals surface area contributed by atoms with E-state index in [2.05, 4.69) is 31.2 Å². The van der Waals surface area contributed by atoms with Gasteiger partial charge in [0.05, 0.1) is 11.4 Å². The highest BCUT2D eigenvalue weighted by Crippen LogP contribution is 2.27. The number of hydrogen-bond donors (Lipinski definition) is 1. The fourth-order valence-corrected chi connectivity index (χ4v) is 3.42. The fraction of sp³-hybridized carbons (Fsp3) is 0.292. The summed E-state index contributed by atoms with van der Waals surface area (Å²) in [5, 5.41) is 8.68. The maximum Gasteiger partial charge on any atom is 0.254 e. The zero-order valence-electron chi connectivity index (χ0n) is 18.5. The van der Waals surface area contributed by atoms with Crippen LogP contribution in [0.3, 0.4) is 0 Å². The quantitative estimate of drug-likeness (QED) is 0.509. The number of amides is 2. The van der Waals surface area contributed by atoms with E-state index in [1.807, 2.05) is 25.1 Å². The first-order valence-corrected chi connectivity index (χ1v) is 11.0. The van der Waals surface area contributed by atoms with E-state index >= 15 is 0 Å². The minimum atomic E-state index is -0.321. The van der Waals surface area contributed by atoms with Crippen LogP contribution in [0.4, 0.5) is 5.82 Å². The molecule has 0 aliphatic heterocycles.